The molecule has 0 radical (unpaired) electrons. The molecule has 0 aliphatic carbocycles. The van der Waals surface area contributed by atoms with Crippen LogP contribution in [0.25, 0.3) is 0 Å². The molecule has 0 unspecified atom stereocenters. The summed E-state index contributed by atoms with van der Waals surface area (Å²) in [5, 5.41) is 3.17. The van der Waals surface area contributed by atoms with Gasteiger partial charge in [-0.1, -0.05) is 11.6 Å². The Hall–Kier alpha value is -2.41. The van der Waals surface area contributed by atoms with Crippen LogP contribution in [0.3, 0.4) is 0 Å². The van der Waals surface area contributed by atoms with Crippen molar-refractivity contribution in [3.63, 3.8) is 0 Å². The molecule has 4 nitrogen and oxygen atoms in total. The van der Waals surface area contributed by atoms with E-state index in [1.807, 2.05) is 6.92 Å². The summed E-state index contributed by atoms with van der Waals surface area (Å²) in [6, 6.07) is 10.6. The lowest BCUT2D eigenvalue weighted by Crippen LogP contribution is -2.20. The Kier molecular flexibility index (Phi) is 6.14. The quantitative estimate of drug-likeness (QED) is 0.804. The molecule has 0 saturated heterocycles. The number of hydrogen-bond donors (Lipinski definition) is 1. The van der Waals surface area contributed by atoms with Crippen LogP contribution >= 0.6 is 11.6 Å². The van der Waals surface area contributed by atoms with Crippen molar-refractivity contribution in [2.24, 2.45) is 0 Å². The van der Waals surface area contributed by atoms with Crippen LogP contribution in [0.15, 0.2) is 42.5 Å². The summed E-state index contributed by atoms with van der Waals surface area (Å²) in [7, 11) is 0. The van der Waals surface area contributed by atoms with Crippen LogP contribution in [0.1, 0.15) is 5.56 Å². The molecule has 134 valence electrons. The molecule has 0 bridgehead atoms. The van der Waals surface area contributed by atoms with E-state index >= 15 is 0 Å². The molecule has 0 aliphatic heterocycles. The average Bonchev–Trinajstić information content (AvgIpc) is 2.55. The first kappa shape index (κ1) is 18.9. The summed E-state index contributed by atoms with van der Waals surface area (Å²) in [6.45, 7) is 0.234. The fourth-order valence-corrected chi connectivity index (χ4v) is 1.97. The van der Waals surface area contributed by atoms with Gasteiger partial charge in [0.1, 0.15) is 11.5 Å². The van der Waals surface area contributed by atoms with E-state index < -0.39 is 18.7 Å². The number of rotatable bonds is 6. The molecule has 2 rings (SSSR count). The highest BCUT2D eigenvalue weighted by Gasteiger charge is 2.28. The minimum absolute atomic E-state index is 0.0585. The topological polar surface area (TPSA) is 47.6 Å². The van der Waals surface area contributed by atoms with Crippen LogP contribution in [0.2, 0.25) is 5.02 Å². The highest BCUT2D eigenvalue weighted by atomic mass is 35.5. The summed E-state index contributed by atoms with van der Waals surface area (Å²) >= 11 is 5.90. The summed E-state index contributed by atoms with van der Waals surface area (Å²) in [5.41, 5.74) is 1.24. The van der Waals surface area contributed by atoms with Crippen molar-refractivity contribution >= 4 is 23.2 Å². The zero-order chi connectivity index (χ0) is 18.4. The fraction of sp³-hybridized carbons (Fsp3) is 0.235. The van der Waals surface area contributed by atoms with Crippen molar-refractivity contribution in [2.45, 2.75) is 13.1 Å². The lowest BCUT2D eigenvalue weighted by atomic mass is 10.2. The smallest absolute Gasteiger partial charge is 0.422 e. The molecule has 0 aliphatic rings. The number of hydrogen-bond acceptors (Lipinski definition) is 3. The molecule has 0 atom stereocenters. The minimum Gasteiger partial charge on any atom is -0.484 e. The fourth-order valence-electron chi connectivity index (χ4n) is 1.85. The van der Waals surface area contributed by atoms with Gasteiger partial charge in [0.05, 0.1) is 0 Å². The van der Waals surface area contributed by atoms with Gasteiger partial charge in [0.25, 0.3) is 5.91 Å². The van der Waals surface area contributed by atoms with E-state index in [-0.39, 0.29) is 12.4 Å². The zero-order valence-electron chi connectivity index (χ0n) is 13.2. The molecule has 0 spiro atoms. The molecule has 0 saturated carbocycles. The highest BCUT2D eigenvalue weighted by molar-refractivity contribution is 6.31. The Labute approximate surface area is 147 Å². The molecule has 2 aromatic rings. The molecule has 1 N–H and O–H groups in total. The first-order chi connectivity index (χ1) is 11.7. The minimum atomic E-state index is -4.40. The maximum absolute atomic E-state index is 12.1. The first-order valence-corrected chi connectivity index (χ1v) is 7.59. The van der Waals surface area contributed by atoms with E-state index in [4.69, 9.17) is 16.3 Å². The van der Waals surface area contributed by atoms with E-state index in [9.17, 15) is 18.0 Å². The summed E-state index contributed by atoms with van der Waals surface area (Å²) in [5.74, 6) is 0.160. The van der Waals surface area contributed by atoms with Crippen LogP contribution < -0.4 is 14.8 Å². The van der Waals surface area contributed by atoms with Crippen LogP contribution in [-0.2, 0) is 4.79 Å². The van der Waals surface area contributed by atoms with E-state index in [1.165, 1.54) is 24.3 Å². The molecule has 0 aromatic heterocycles. The van der Waals surface area contributed by atoms with Gasteiger partial charge in [-0.2, -0.15) is 13.2 Å². The maximum atomic E-state index is 12.1. The molecule has 2 aromatic carbocycles. The number of aryl methyl sites for hydroxylation is 1. The summed E-state index contributed by atoms with van der Waals surface area (Å²) in [6.07, 6.45) is -4.40. The maximum Gasteiger partial charge on any atom is 0.422 e. The van der Waals surface area contributed by atoms with Crippen molar-refractivity contribution in [1.29, 1.82) is 0 Å². The number of carbonyl (C=O) groups excluding carboxylic acids is 1. The average molecular weight is 374 g/mol. The van der Waals surface area contributed by atoms with E-state index in [0.717, 1.165) is 5.56 Å². The van der Waals surface area contributed by atoms with Gasteiger partial charge in [0.2, 0.25) is 0 Å². The number of nitrogens with one attached hydrogen (secondary N) is 1. The van der Waals surface area contributed by atoms with Gasteiger partial charge < -0.3 is 14.8 Å². The number of ether oxygens (including phenoxy) is 2. The van der Waals surface area contributed by atoms with Gasteiger partial charge in [0, 0.05) is 10.7 Å². The van der Waals surface area contributed by atoms with Gasteiger partial charge in [-0.15, -0.1) is 0 Å². The monoisotopic (exact) mass is 373 g/mol. The van der Waals surface area contributed by atoms with Crippen LogP contribution in [0.4, 0.5) is 18.9 Å². The summed E-state index contributed by atoms with van der Waals surface area (Å²) < 4.78 is 46.1. The van der Waals surface area contributed by atoms with Gasteiger partial charge in [-0.3, -0.25) is 4.79 Å². The zero-order valence-corrected chi connectivity index (χ0v) is 13.9. The van der Waals surface area contributed by atoms with E-state index in [2.05, 4.69) is 10.1 Å². The standard InChI is InChI=1S/C17H15ClF3NO3/c1-11-8-14(6-7-15(11)18)24-9-16(23)22-12-2-4-13(5-3-12)25-10-17(19,20)21/h2-8H,9-10H2,1H3,(H,22,23). The van der Waals surface area contributed by atoms with Crippen molar-refractivity contribution in [1.82, 2.24) is 0 Å². The van der Waals surface area contributed by atoms with Crippen molar-refractivity contribution < 1.29 is 27.4 Å². The number of halogens is 4. The number of benzene rings is 2. The number of carbonyl (C=O) groups is 1. The lowest BCUT2D eigenvalue weighted by molar-refractivity contribution is -0.153. The predicted molar refractivity (Wildman–Crippen MR) is 88.3 cm³/mol. The Morgan fingerprint density at radius 3 is 2.32 bits per heavy atom. The van der Waals surface area contributed by atoms with Crippen molar-refractivity contribution in [2.75, 3.05) is 18.5 Å². The molecule has 25 heavy (non-hydrogen) atoms. The molecule has 8 heteroatoms. The van der Waals surface area contributed by atoms with Gasteiger partial charge in [-0.25, -0.2) is 0 Å². The Balaban J connectivity index is 1.82. The van der Waals surface area contributed by atoms with Crippen molar-refractivity contribution in [3.05, 3.63) is 53.1 Å². The Morgan fingerprint density at radius 2 is 1.72 bits per heavy atom. The lowest BCUT2D eigenvalue weighted by Gasteiger charge is -2.11. The number of amides is 1. The largest absolute Gasteiger partial charge is 0.484 e. The first-order valence-electron chi connectivity index (χ1n) is 7.21. The SMILES string of the molecule is Cc1cc(OCC(=O)Nc2ccc(OCC(F)(F)F)cc2)ccc1Cl. The van der Waals surface area contributed by atoms with E-state index in [0.29, 0.717) is 16.5 Å². The molecule has 0 heterocycles. The summed E-state index contributed by atoms with van der Waals surface area (Å²) in [4.78, 5) is 11.8. The Bertz CT molecular complexity index is 733. The third kappa shape index (κ3) is 6.54. The third-order valence-electron chi connectivity index (χ3n) is 3.04. The molecular formula is C17H15ClF3NO3. The number of alkyl halides is 3. The number of anilines is 1. The highest BCUT2D eigenvalue weighted by Crippen LogP contribution is 2.22. The van der Waals surface area contributed by atoms with Crippen molar-refractivity contribution in [3.8, 4) is 11.5 Å². The van der Waals surface area contributed by atoms with E-state index in [1.54, 1.807) is 18.2 Å². The molecule has 1 amide bonds. The second-order valence-corrected chi connectivity index (χ2v) is 5.58. The predicted octanol–water partition coefficient (Wildman–Crippen LogP) is 4.61. The third-order valence-corrected chi connectivity index (χ3v) is 3.46. The molecular weight excluding hydrogens is 359 g/mol. The van der Waals surface area contributed by atoms with Crippen LogP contribution in [-0.4, -0.2) is 25.3 Å². The second kappa shape index (κ2) is 8.11. The van der Waals surface area contributed by atoms with Crippen LogP contribution in [0.5, 0.6) is 11.5 Å². The van der Waals surface area contributed by atoms with Gasteiger partial charge >= 0.3 is 6.18 Å². The van der Waals surface area contributed by atoms with Crippen LogP contribution in [0, 0.1) is 6.92 Å². The van der Waals surface area contributed by atoms with Gasteiger partial charge in [0.15, 0.2) is 13.2 Å². The second-order valence-electron chi connectivity index (χ2n) is 5.18. The molecule has 0 fully saturated rings. The van der Waals surface area contributed by atoms with Gasteiger partial charge in [-0.05, 0) is 55.0 Å². The Morgan fingerprint density at radius 1 is 1.08 bits per heavy atom. The normalized spacial score (nSPS) is 11.1.